The molecule has 0 saturated carbocycles. The summed E-state index contributed by atoms with van der Waals surface area (Å²) in [6.07, 6.45) is 0.502. The van der Waals surface area contributed by atoms with Crippen LogP contribution in [0.4, 0.5) is 5.69 Å². The van der Waals surface area contributed by atoms with E-state index in [9.17, 15) is 14.7 Å². The summed E-state index contributed by atoms with van der Waals surface area (Å²) in [6.45, 7) is 14.4. The summed E-state index contributed by atoms with van der Waals surface area (Å²) in [7, 11) is 0. The fourth-order valence-corrected chi connectivity index (χ4v) is 4.36. The number of para-hydroxylation sites is 1. The first-order valence-electron chi connectivity index (χ1n) is 11.3. The lowest BCUT2D eigenvalue weighted by Crippen LogP contribution is -2.35. The van der Waals surface area contributed by atoms with Crippen molar-refractivity contribution in [3.63, 3.8) is 0 Å². The van der Waals surface area contributed by atoms with Gasteiger partial charge in [0.1, 0.15) is 12.3 Å². The van der Waals surface area contributed by atoms with Gasteiger partial charge in [-0.05, 0) is 52.5 Å². The van der Waals surface area contributed by atoms with E-state index in [1.165, 1.54) is 4.90 Å². The van der Waals surface area contributed by atoms with Gasteiger partial charge in [0, 0.05) is 5.69 Å². The Morgan fingerprint density at radius 3 is 2.12 bits per heavy atom. The molecule has 0 aromatic heterocycles. The van der Waals surface area contributed by atoms with E-state index in [1.807, 2.05) is 36.4 Å². The molecule has 1 aliphatic heterocycles. The highest BCUT2D eigenvalue weighted by molar-refractivity contribution is 6.07. The van der Waals surface area contributed by atoms with Gasteiger partial charge in [-0.15, -0.1) is 0 Å². The quantitative estimate of drug-likeness (QED) is 0.651. The fraction of sp³-hybridized carbons (Fsp3) is 0.481. The molecule has 1 aliphatic rings. The zero-order valence-electron chi connectivity index (χ0n) is 20.3. The lowest BCUT2D eigenvalue weighted by atomic mass is 9.77. The molecule has 2 aromatic rings. The summed E-state index contributed by atoms with van der Waals surface area (Å²) in [5, 5.41) is 11.0. The molecule has 1 atom stereocenters. The number of esters is 1. The predicted octanol–water partition coefficient (Wildman–Crippen LogP) is 5.22. The van der Waals surface area contributed by atoms with Crippen molar-refractivity contribution >= 4 is 17.6 Å². The van der Waals surface area contributed by atoms with Crippen molar-refractivity contribution in [2.24, 2.45) is 0 Å². The van der Waals surface area contributed by atoms with Crippen LogP contribution in [-0.2, 0) is 31.6 Å². The second kappa shape index (κ2) is 8.61. The molecule has 5 nitrogen and oxygen atoms in total. The third kappa shape index (κ3) is 4.67. The minimum atomic E-state index is -0.411. The van der Waals surface area contributed by atoms with E-state index in [0.717, 1.165) is 27.9 Å². The highest BCUT2D eigenvalue weighted by Gasteiger charge is 2.38. The van der Waals surface area contributed by atoms with E-state index in [0.29, 0.717) is 12.2 Å². The highest BCUT2D eigenvalue weighted by Crippen LogP contribution is 2.43. The first kappa shape index (κ1) is 23.8. The maximum absolute atomic E-state index is 13.4. The highest BCUT2D eigenvalue weighted by atomic mass is 16.5. The van der Waals surface area contributed by atoms with Crippen LogP contribution in [0.3, 0.4) is 0 Å². The van der Waals surface area contributed by atoms with Gasteiger partial charge in [-0.3, -0.25) is 9.59 Å². The minimum Gasteiger partial charge on any atom is -0.507 e. The zero-order chi connectivity index (χ0) is 23.8. The van der Waals surface area contributed by atoms with Crippen molar-refractivity contribution in [2.45, 2.75) is 71.6 Å². The Labute approximate surface area is 191 Å². The lowest BCUT2D eigenvalue weighted by Gasteiger charge is -2.28. The molecular formula is C27H35NO4. The van der Waals surface area contributed by atoms with Crippen LogP contribution in [0, 0.1) is 0 Å². The number of benzene rings is 2. The summed E-state index contributed by atoms with van der Waals surface area (Å²) in [6, 6.07) is 11.7. The van der Waals surface area contributed by atoms with Gasteiger partial charge in [-0.2, -0.15) is 0 Å². The van der Waals surface area contributed by atoms with E-state index >= 15 is 0 Å². The van der Waals surface area contributed by atoms with Gasteiger partial charge < -0.3 is 14.7 Å². The molecule has 0 aliphatic carbocycles. The van der Waals surface area contributed by atoms with Crippen LogP contribution in [0.15, 0.2) is 36.4 Å². The number of phenols is 1. The van der Waals surface area contributed by atoms with Gasteiger partial charge in [0.15, 0.2) is 0 Å². The Balaban J connectivity index is 2.03. The standard InChI is InChI=1S/C27H35NO4/c1-8-32-23(29)16-28-22-12-10-9-11-18(22)19(25(28)31)13-17-14-20(26(2,3)4)24(30)21(15-17)27(5,6)7/h9-12,14-15,19,30H,8,13,16H2,1-7H3. The van der Waals surface area contributed by atoms with Gasteiger partial charge in [0.25, 0.3) is 0 Å². The molecule has 0 radical (unpaired) electrons. The SMILES string of the molecule is CCOC(=O)CN1C(=O)C(Cc2cc(C(C)(C)C)c(O)c(C(C)(C)C)c2)c2ccccc21. The van der Waals surface area contributed by atoms with Crippen molar-refractivity contribution in [1.82, 2.24) is 0 Å². The Kier molecular flexibility index (Phi) is 6.41. The van der Waals surface area contributed by atoms with E-state index in [2.05, 4.69) is 41.5 Å². The van der Waals surface area contributed by atoms with Gasteiger partial charge >= 0.3 is 5.97 Å². The molecule has 0 saturated heterocycles. The van der Waals surface area contributed by atoms with Crippen molar-refractivity contribution in [2.75, 3.05) is 18.1 Å². The summed E-state index contributed by atoms with van der Waals surface area (Å²) in [4.78, 5) is 27.1. The Morgan fingerprint density at radius 1 is 1.03 bits per heavy atom. The van der Waals surface area contributed by atoms with E-state index in [-0.39, 0.29) is 35.8 Å². The number of nitrogens with zero attached hydrogens (tertiary/aromatic N) is 1. The van der Waals surface area contributed by atoms with Crippen LogP contribution in [0.5, 0.6) is 5.75 Å². The van der Waals surface area contributed by atoms with Crippen LogP contribution < -0.4 is 4.90 Å². The number of rotatable bonds is 5. The Bertz CT molecular complexity index is 992. The van der Waals surface area contributed by atoms with Crippen molar-refractivity contribution in [3.8, 4) is 5.75 Å². The maximum Gasteiger partial charge on any atom is 0.326 e. The van der Waals surface area contributed by atoms with Gasteiger partial charge in [0.05, 0.1) is 12.5 Å². The minimum absolute atomic E-state index is 0.0871. The maximum atomic E-state index is 13.4. The van der Waals surface area contributed by atoms with Gasteiger partial charge in [-0.1, -0.05) is 71.9 Å². The average molecular weight is 438 g/mol. The number of hydrogen-bond acceptors (Lipinski definition) is 4. The van der Waals surface area contributed by atoms with E-state index < -0.39 is 5.97 Å². The number of amides is 1. The van der Waals surface area contributed by atoms with Crippen LogP contribution in [0.2, 0.25) is 0 Å². The molecule has 2 aromatic carbocycles. The number of carbonyl (C=O) groups excluding carboxylic acids is 2. The number of fused-ring (bicyclic) bond motifs is 1. The van der Waals surface area contributed by atoms with E-state index in [1.54, 1.807) is 6.92 Å². The molecule has 1 heterocycles. The molecule has 0 fully saturated rings. The Morgan fingerprint density at radius 2 is 1.59 bits per heavy atom. The van der Waals surface area contributed by atoms with Gasteiger partial charge in [0.2, 0.25) is 5.91 Å². The van der Waals surface area contributed by atoms with Crippen LogP contribution in [0.1, 0.15) is 76.6 Å². The van der Waals surface area contributed by atoms with Crippen LogP contribution in [-0.4, -0.2) is 30.1 Å². The zero-order valence-corrected chi connectivity index (χ0v) is 20.3. The molecule has 5 heteroatoms. The molecule has 1 unspecified atom stereocenters. The van der Waals surface area contributed by atoms with Gasteiger partial charge in [-0.25, -0.2) is 0 Å². The smallest absolute Gasteiger partial charge is 0.326 e. The largest absolute Gasteiger partial charge is 0.507 e. The van der Waals surface area contributed by atoms with E-state index in [4.69, 9.17) is 4.74 Å². The number of anilines is 1. The molecule has 1 amide bonds. The number of hydrogen-bond donors (Lipinski definition) is 1. The molecule has 0 spiro atoms. The number of phenolic OH excluding ortho intramolecular Hbond substituents is 1. The first-order valence-corrected chi connectivity index (χ1v) is 11.3. The second-order valence-electron chi connectivity index (χ2n) is 10.6. The normalized spacial score (nSPS) is 16.3. The fourth-order valence-electron chi connectivity index (χ4n) is 4.36. The molecule has 172 valence electrons. The van der Waals surface area contributed by atoms with Crippen molar-refractivity contribution in [1.29, 1.82) is 0 Å². The monoisotopic (exact) mass is 437 g/mol. The second-order valence-corrected chi connectivity index (χ2v) is 10.6. The van der Waals surface area contributed by atoms with Crippen LogP contribution in [0.25, 0.3) is 0 Å². The number of ether oxygens (including phenoxy) is 1. The predicted molar refractivity (Wildman–Crippen MR) is 127 cm³/mol. The summed E-state index contributed by atoms with van der Waals surface area (Å²) in [5.41, 5.74) is 3.96. The molecule has 32 heavy (non-hydrogen) atoms. The topological polar surface area (TPSA) is 66.8 Å². The molecule has 0 bridgehead atoms. The van der Waals surface area contributed by atoms with Crippen molar-refractivity contribution < 1.29 is 19.4 Å². The molecular weight excluding hydrogens is 402 g/mol. The third-order valence-electron chi connectivity index (χ3n) is 5.99. The number of carbonyl (C=O) groups is 2. The summed E-state index contributed by atoms with van der Waals surface area (Å²) >= 11 is 0. The Hall–Kier alpha value is -2.82. The van der Waals surface area contributed by atoms with Crippen LogP contribution >= 0.6 is 0 Å². The average Bonchev–Trinajstić information content (AvgIpc) is 2.93. The summed E-state index contributed by atoms with van der Waals surface area (Å²) in [5.74, 6) is -0.561. The molecule has 1 N–H and O–H groups in total. The lowest BCUT2D eigenvalue weighted by molar-refractivity contribution is -0.142. The first-order chi connectivity index (χ1) is 14.8. The number of aromatic hydroxyl groups is 1. The van der Waals surface area contributed by atoms with Crippen molar-refractivity contribution in [3.05, 3.63) is 58.7 Å². The molecule has 3 rings (SSSR count). The third-order valence-corrected chi connectivity index (χ3v) is 5.99. The summed E-state index contributed by atoms with van der Waals surface area (Å²) < 4.78 is 5.08.